The van der Waals surface area contributed by atoms with Crippen LogP contribution in [0.25, 0.3) is 0 Å². The predicted octanol–water partition coefficient (Wildman–Crippen LogP) is 1.88. The Labute approximate surface area is 217 Å². The molecule has 9 nitrogen and oxygen atoms in total. The Bertz CT molecular complexity index is 1170. The van der Waals surface area contributed by atoms with Crippen molar-refractivity contribution >= 4 is 17.8 Å². The van der Waals surface area contributed by atoms with Gasteiger partial charge in [-0.1, -0.05) is 12.1 Å². The number of hydrogen-bond acceptors (Lipinski definition) is 6. The lowest BCUT2D eigenvalue weighted by molar-refractivity contribution is -0.935. The standard InChI is InChI=1S/C28H35N3O6/c1-7-37-21-10-8-19(9-11-21)16-28(25(32)29(3)27(34)30(4)26(28)33)17-31-13-12-20-14-23(35-5)24(36-6)15-22(20)18(31)2/h8-11,14-15,18H,7,12-13,16-17H2,1-6H3/p+1/t18-/m0/s1. The van der Waals surface area contributed by atoms with Crippen molar-refractivity contribution in [3.63, 3.8) is 0 Å². The third-order valence-corrected chi connectivity index (χ3v) is 7.71. The molecule has 4 amide bonds. The highest BCUT2D eigenvalue weighted by atomic mass is 16.5. The number of rotatable bonds is 8. The van der Waals surface area contributed by atoms with Gasteiger partial charge in [-0.05, 0) is 49.2 Å². The van der Waals surface area contributed by atoms with Crippen LogP contribution in [0.3, 0.4) is 0 Å². The molecule has 37 heavy (non-hydrogen) atoms. The Morgan fingerprint density at radius 2 is 1.57 bits per heavy atom. The number of hydrogen-bond donors (Lipinski definition) is 1. The summed E-state index contributed by atoms with van der Waals surface area (Å²) >= 11 is 0. The van der Waals surface area contributed by atoms with E-state index in [0.29, 0.717) is 18.1 Å². The van der Waals surface area contributed by atoms with E-state index in [-0.39, 0.29) is 19.0 Å². The van der Waals surface area contributed by atoms with Gasteiger partial charge in [0.25, 0.3) is 11.8 Å². The average Bonchev–Trinajstić information content (AvgIpc) is 2.91. The van der Waals surface area contributed by atoms with E-state index in [0.717, 1.165) is 44.5 Å². The van der Waals surface area contributed by atoms with E-state index in [2.05, 4.69) is 6.92 Å². The molecule has 198 valence electrons. The minimum atomic E-state index is -1.41. The molecule has 1 fully saturated rings. The summed E-state index contributed by atoms with van der Waals surface area (Å²) in [7, 11) is 6.12. The van der Waals surface area contributed by atoms with Crippen LogP contribution in [-0.4, -0.2) is 75.7 Å². The van der Waals surface area contributed by atoms with Gasteiger partial charge in [0, 0.05) is 32.5 Å². The van der Waals surface area contributed by atoms with Gasteiger partial charge in [0.2, 0.25) is 0 Å². The number of fused-ring (bicyclic) bond motifs is 1. The van der Waals surface area contributed by atoms with E-state index in [1.54, 1.807) is 14.2 Å². The first-order valence-corrected chi connectivity index (χ1v) is 12.6. The topological polar surface area (TPSA) is 89.8 Å². The highest BCUT2D eigenvalue weighted by Crippen LogP contribution is 2.36. The first-order chi connectivity index (χ1) is 17.7. The monoisotopic (exact) mass is 510 g/mol. The molecule has 2 aromatic rings. The van der Waals surface area contributed by atoms with Gasteiger partial charge in [-0.3, -0.25) is 19.4 Å². The van der Waals surface area contributed by atoms with Gasteiger partial charge in [0.1, 0.15) is 18.3 Å². The molecule has 0 radical (unpaired) electrons. The summed E-state index contributed by atoms with van der Waals surface area (Å²) < 4.78 is 16.6. The molecule has 0 saturated carbocycles. The minimum Gasteiger partial charge on any atom is -0.494 e. The Morgan fingerprint density at radius 3 is 2.14 bits per heavy atom. The van der Waals surface area contributed by atoms with E-state index < -0.39 is 23.3 Å². The van der Waals surface area contributed by atoms with E-state index >= 15 is 0 Å². The highest BCUT2D eigenvalue weighted by molar-refractivity contribution is 6.19. The summed E-state index contributed by atoms with van der Waals surface area (Å²) in [6.07, 6.45) is 0.954. The van der Waals surface area contributed by atoms with Crippen molar-refractivity contribution in [2.75, 3.05) is 48.0 Å². The number of nitrogens with one attached hydrogen (secondary N) is 1. The van der Waals surface area contributed by atoms with E-state index in [4.69, 9.17) is 14.2 Å². The highest BCUT2D eigenvalue weighted by Gasteiger charge is 2.58. The fourth-order valence-electron chi connectivity index (χ4n) is 5.63. The predicted molar refractivity (Wildman–Crippen MR) is 137 cm³/mol. The molecule has 2 atom stereocenters. The van der Waals surface area contributed by atoms with Gasteiger partial charge in [-0.25, -0.2) is 4.79 Å². The van der Waals surface area contributed by atoms with Crippen LogP contribution in [0.2, 0.25) is 0 Å². The molecular formula is C28H36N3O6+. The third-order valence-electron chi connectivity index (χ3n) is 7.71. The zero-order valence-corrected chi connectivity index (χ0v) is 22.4. The maximum absolute atomic E-state index is 13.8. The molecule has 9 heteroatoms. The third kappa shape index (κ3) is 4.64. The number of methoxy groups -OCH3 is 2. The van der Waals surface area contributed by atoms with Gasteiger partial charge in [0.15, 0.2) is 16.9 Å². The minimum absolute atomic E-state index is 0.00500. The van der Waals surface area contributed by atoms with Crippen molar-refractivity contribution in [1.29, 1.82) is 0 Å². The van der Waals surface area contributed by atoms with Crippen molar-refractivity contribution in [3.05, 3.63) is 53.1 Å². The summed E-state index contributed by atoms with van der Waals surface area (Å²) in [5, 5.41) is 0. The smallest absolute Gasteiger partial charge is 0.332 e. The first kappa shape index (κ1) is 26.5. The van der Waals surface area contributed by atoms with Gasteiger partial charge in [-0.2, -0.15) is 0 Å². The normalized spacial score (nSPS) is 21.1. The SMILES string of the molecule is CCOc1ccc(CC2(C[NH+]3CCc4cc(OC)c(OC)cc4[C@@H]3C)C(=O)N(C)C(=O)N(C)C2=O)cc1. The number of urea groups is 1. The van der Waals surface area contributed by atoms with Crippen molar-refractivity contribution in [3.8, 4) is 17.2 Å². The zero-order chi connectivity index (χ0) is 26.9. The van der Waals surface area contributed by atoms with Gasteiger partial charge in [-0.15, -0.1) is 0 Å². The van der Waals surface area contributed by atoms with Crippen LogP contribution in [0.5, 0.6) is 17.2 Å². The molecule has 2 aliphatic heterocycles. The second-order valence-electron chi connectivity index (χ2n) is 9.81. The summed E-state index contributed by atoms with van der Waals surface area (Å²) in [5.74, 6) is 1.12. The first-order valence-electron chi connectivity index (χ1n) is 12.6. The summed E-state index contributed by atoms with van der Waals surface area (Å²) in [6, 6.07) is 10.8. The molecule has 1 saturated heterocycles. The van der Waals surface area contributed by atoms with Crippen LogP contribution in [-0.2, 0) is 22.4 Å². The second kappa shape index (κ2) is 10.4. The number of carbonyl (C=O) groups is 3. The van der Waals surface area contributed by atoms with Crippen molar-refractivity contribution in [2.24, 2.45) is 5.41 Å². The Kier molecular flexibility index (Phi) is 7.45. The Balaban J connectivity index is 1.72. The van der Waals surface area contributed by atoms with Crippen molar-refractivity contribution in [1.82, 2.24) is 9.80 Å². The molecule has 1 N–H and O–H groups in total. The van der Waals surface area contributed by atoms with Crippen molar-refractivity contribution in [2.45, 2.75) is 32.7 Å². The van der Waals surface area contributed by atoms with E-state index in [1.165, 1.54) is 19.7 Å². The van der Waals surface area contributed by atoms with E-state index in [1.807, 2.05) is 43.3 Å². The number of carbonyl (C=O) groups excluding carboxylic acids is 3. The number of amides is 4. The molecule has 0 spiro atoms. The number of benzene rings is 2. The molecule has 0 bridgehead atoms. The number of quaternary nitrogens is 1. The quantitative estimate of drug-likeness (QED) is 0.546. The van der Waals surface area contributed by atoms with Gasteiger partial charge < -0.3 is 19.1 Å². The van der Waals surface area contributed by atoms with Crippen LogP contribution in [0, 0.1) is 5.41 Å². The summed E-state index contributed by atoms with van der Waals surface area (Å²) in [4.78, 5) is 43.4. The molecule has 4 rings (SSSR count). The van der Waals surface area contributed by atoms with Crippen LogP contribution >= 0.6 is 0 Å². The number of ether oxygens (including phenoxy) is 3. The molecule has 1 unspecified atom stereocenters. The van der Waals surface area contributed by atoms with Gasteiger partial charge in [0.05, 0.1) is 27.4 Å². The molecular weight excluding hydrogens is 474 g/mol. The second-order valence-corrected chi connectivity index (χ2v) is 9.81. The largest absolute Gasteiger partial charge is 0.494 e. The molecule has 2 aliphatic rings. The summed E-state index contributed by atoms with van der Waals surface area (Å²) in [5.41, 5.74) is 1.68. The van der Waals surface area contributed by atoms with Crippen LogP contribution in [0.15, 0.2) is 36.4 Å². The zero-order valence-electron chi connectivity index (χ0n) is 22.4. The maximum Gasteiger partial charge on any atom is 0.332 e. The number of nitrogens with zero attached hydrogens (tertiary/aromatic N) is 2. The lowest BCUT2D eigenvalue weighted by Gasteiger charge is -2.44. The molecule has 0 aliphatic carbocycles. The number of imide groups is 2. The Morgan fingerprint density at radius 1 is 0.973 bits per heavy atom. The number of barbiturate groups is 1. The van der Waals surface area contributed by atoms with Crippen molar-refractivity contribution < 1.29 is 33.5 Å². The van der Waals surface area contributed by atoms with Crippen LogP contribution < -0.4 is 19.1 Å². The van der Waals surface area contributed by atoms with Crippen LogP contribution in [0.1, 0.15) is 36.6 Å². The molecule has 2 heterocycles. The lowest BCUT2D eigenvalue weighted by Crippen LogP contribution is -3.15. The fourth-order valence-corrected chi connectivity index (χ4v) is 5.63. The maximum atomic E-state index is 13.8. The summed E-state index contributed by atoms with van der Waals surface area (Å²) in [6.45, 7) is 5.55. The Hall–Kier alpha value is -3.59. The fraction of sp³-hybridized carbons (Fsp3) is 0.464. The van der Waals surface area contributed by atoms with Crippen LogP contribution in [0.4, 0.5) is 4.79 Å². The average molecular weight is 511 g/mol. The molecule has 0 aromatic heterocycles. The van der Waals surface area contributed by atoms with Gasteiger partial charge >= 0.3 is 6.03 Å². The molecule has 2 aromatic carbocycles. The lowest BCUT2D eigenvalue weighted by atomic mass is 9.76. The van der Waals surface area contributed by atoms with E-state index in [9.17, 15) is 14.4 Å².